The van der Waals surface area contributed by atoms with Crippen LogP contribution in [-0.2, 0) is 0 Å². The fourth-order valence-corrected chi connectivity index (χ4v) is 14.0. The van der Waals surface area contributed by atoms with Crippen molar-refractivity contribution in [2.45, 2.75) is 0 Å². The van der Waals surface area contributed by atoms with Crippen LogP contribution < -0.4 is 0 Å². The van der Waals surface area contributed by atoms with E-state index in [2.05, 4.69) is 6.07 Å². The summed E-state index contributed by atoms with van der Waals surface area (Å²) in [6.45, 7) is 0. The second-order valence-corrected chi connectivity index (χ2v) is 23.7. The van der Waals surface area contributed by atoms with E-state index in [0.29, 0.717) is 21.9 Å². The van der Waals surface area contributed by atoms with Gasteiger partial charge in [0.2, 0.25) is 0 Å². The Hall–Kier alpha value is -13.4. The number of hydrogen-bond donors (Lipinski definition) is 0. The quantitative estimate of drug-likeness (QED) is 0.155. The summed E-state index contributed by atoms with van der Waals surface area (Å²) in [4.78, 5) is 0. The average molecular weight is 1340 g/mol. The van der Waals surface area contributed by atoms with Crippen LogP contribution in [0.4, 0.5) is 0 Å². The van der Waals surface area contributed by atoms with Crippen molar-refractivity contribution in [3.8, 4) is 66.8 Å². The maximum Gasteiger partial charge on any atom is 0.136 e. The van der Waals surface area contributed by atoms with Gasteiger partial charge < -0.3 is 8.83 Å². The molecule has 0 saturated carbocycles. The van der Waals surface area contributed by atoms with Crippen LogP contribution in [-0.4, -0.2) is 0 Å². The third-order valence-electron chi connectivity index (χ3n) is 18.3. The molecule has 2 heterocycles. The van der Waals surface area contributed by atoms with Crippen LogP contribution in [0.2, 0.25) is 0 Å². The van der Waals surface area contributed by atoms with Gasteiger partial charge >= 0.3 is 0 Å². The molecule has 0 amide bonds. The highest BCUT2D eigenvalue weighted by Gasteiger charge is 2.23. The Morgan fingerprint density at radius 3 is 1.25 bits per heavy atom. The molecule has 472 valence electrons. The summed E-state index contributed by atoms with van der Waals surface area (Å²) < 4.78 is 421. The van der Waals surface area contributed by atoms with E-state index in [0.717, 1.165) is 38.3 Å². The van der Waals surface area contributed by atoms with Crippen LogP contribution in [0, 0.1) is 0 Å². The zero-order chi connectivity index (χ0) is 106. The van der Waals surface area contributed by atoms with Crippen LogP contribution in [0.5, 0.6) is 0 Å². The van der Waals surface area contributed by atoms with E-state index < -0.39 is 392 Å². The van der Waals surface area contributed by atoms with E-state index in [-0.39, 0.29) is 38.1 Å². The molecule has 0 spiro atoms. The number of fused-ring (bicyclic) bond motifs is 18. The zero-order valence-electron chi connectivity index (χ0n) is 97.0. The smallest absolute Gasteiger partial charge is 0.136 e. The van der Waals surface area contributed by atoms with Crippen LogP contribution >= 0.6 is 0 Å². The van der Waals surface area contributed by atoms with Gasteiger partial charge in [-0.2, -0.15) is 0 Å². The molecule has 20 aromatic carbocycles. The highest BCUT2D eigenvalue weighted by molar-refractivity contribution is 6.27. The lowest BCUT2D eigenvalue weighted by atomic mass is 9.83. The highest BCUT2D eigenvalue weighted by atomic mass is 16.3. The van der Waals surface area contributed by atoms with Gasteiger partial charge in [-0.05, 0) is 223 Å². The number of furan rings is 2. The first-order chi connectivity index (χ1) is 69.3. The van der Waals surface area contributed by atoms with Gasteiger partial charge in [0, 0.05) is 21.5 Å². The predicted molar refractivity (Wildman–Crippen MR) is 435 cm³/mol. The third-order valence-corrected chi connectivity index (χ3v) is 18.3. The van der Waals surface area contributed by atoms with Crippen molar-refractivity contribution < 1.29 is 70.5 Å². The Morgan fingerprint density at radius 1 is 0.186 bits per heavy atom. The molecule has 0 atom stereocenters. The Balaban J connectivity index is 0.000000176. The van der Waals surface area contributed by atoms with Gasteiger partial charge in [-0.15, -0.1) is 0 Å². The van der Waals surface area contributed by atoms with Gasteiger partial charge in [0.25, 0.3) is 0 Å². The monoisotopic (exact) mass is 1340 g/mol. The van der Waals surface area contributed by atoms with Crippen LogP contribution in [0.1, 0.15) is 61.7 Å². The first kappa shape index (κ1) is 28.8. The highest BCUT2D eigenvalue weighted by Crippen LogP contribution is 2.50. The Morgan fingerprint density at radius 2 is 0.637 bits per heavy atom. The second-order valence-electron chi connectivity index (χ2n) is 23.7. The minimum Gasteiger partial charge on any atom is -0.456 e. The number of rotatable bonds is 6. The van der Waals surface area contributed by atoms with Crippen LogP contribution in [0.3, 0.4) is 0 Å². The van der Waals surface area contributed by atoms with Crippen molar-refractivity contribution in [1.29, 1.82) is 0 Å². The van der Waals surface area contributed by atoms with Gasteiger partial charge in [-0.1, -0.05) is 314 Å². The van der Waals surface area contributed by atoms with Gasteiger partial charge in [-0.3, -0.25) is 0 Å². The molecule has 0 saturated heterocycles. The molecule has 0 fully saturated rings. The normalized spacial score (nSPS) is 18.1. The SMILES string of the molecule is [2H]c1c([2H])c([2H])c2c([2H])c(-c3c4c([2H])c([2H])c([2H])c([2H])c4c(-c4c([2H])c([2H])c(-c5c([2H])c([2H])c6c(oc7c([2H])c([2H])c8c([2H])c([2H])c([2H])c([2H])c8c76)c5[2H])c5c([2H])c([2H])c([2H])c([2H])c45)c4c([2H])c([2H])c([2H])c([2H])c34)c([2H])c([2H])c2c1[2H].[2H]c1c([2H])c([2H])c2c([2H])c(-c3c4c([2H])c([2H])c([2H])c([2H])c4c(-c4cccc5c(-c6ccc7c(c6)oc6ccc8ccccc8c67)cccc45)c4c([2H])c([2H])c([2H])c([2H])c34)c([2H])c([2H])c2c1[2H]. The molecule has 102 heavy (non-hydrogen) atoms. The first-order valence-electron chi connectivity index (χ1n) is 54.0. The van der Waals surface area contributed by atoms with Gasteiger partial charge in [0.1, 0.15) is 22.3 Å². The molecule has 22 rings (SSSR count). The molecule has 2 aromatic heterocycles. The van der Waals surface area contributed by atoms with Gasteiger partial charge in [0.15, 0.2) is 0 Å². The molecular formula is C100H60O2. The summed E-state index contributed by atoms with van der Waals surface area (Å²) in [5.41, 5.74) is -3.57. The van der Waals surface area contributed by atoms with Crippen molar-refractivity contribution in [3.05, 3.63) is 363 Å². The van der Waals surface area contributed by atoms with Crippen molar-refractivity contribution in [1.82, 2.24) is 0 Å². The summed E-state index contributed by atoms with van der Waals surface area (Å²) in [5, 5.41) is -4.16. The molecule has 0 N–H and O–H groups in total. The van der Waals surface area contributed by atoms with E-state index in [1.165, 1.54) is 0 Å². The van der Waals surface area contributed by atoms with Crippen molar-refractivity contribution in [2.24, 2.45) is 0 Å². The molecule has 22 aromatic rings. The van der Waals surface area contributed by atoms with Gasteiger partial charge in [-0.25, -0.2) is 0 Å². The zero-order valence-corrected chi connectivity index (χ0v) is 52.0. The van der Waals surface area contributed by atoms with E-state index in [1.807, 2.05) is 72.8 Å². The molecule has 2 nitrogen and oxygen atoms in total. The minimum atomic E-state index is -1.14. The molecule has 0 aliphatic rings. The maximum atomic E-state index is 9.95. The average Bonchev–Trinajstić information content (AvgIpc) is 0.705. The maximum absolute atomic E-state index is 9.95. The second kappa shape index (κ2) is 23.1. The van der Waals surface area contributed by atoms with Crippen molar-refractivity contribution >= 4 is 152 Å². The molecular weight excluding hydrogens is 1230 g/mol. The topological polar surface area (TPSA) is 26.3 Å². The minimum absolute atomic E-state index is 0.0389. The summed E-state index contributed by atoms with van der Waals surface area (Å²) in [6.07, 6.45) is 0. The lowest BCUT2D eigenvalue weighted by Gasteiger charge is -2.20. The van der Waals surface area contributed by atoms with E-state index in [9.17, 15) is 26.0 Å². The lowest BCUT2D eigenvalue weighted by Crippen LogP contribution is -1.92. The molecule has 0 radical (unpaired) electrons. The summed E-state index contributed by atoms with van der Waals surface area (Å²) in [5.74, 6) is 0. The van der Waals surface area contributed by atoms with E-state index in [1.54, 1.807) is 12.1 Å². The van der Waals surface area contributed by atoms with E-state index >= 15 is 0 Å². The Labute approximate surface area is 650 Å². The molecule has 0 aliphatic heterocycles. The van der Waals surface area contributed by atoms with E-state index in [4.69, 9.17) is 44.5 Å². The largest absolute Gasteiger partial charge is 0.456 e. The number of hydrogen-bond acceptors (Lipinski definition) is 2. The van der Waals surface area contributed by atoms with Crippen LogP contribution in [0.25, 0.3) is 218 Å². The third kappa shape index (κ3) is 9.06. The fourth-order valence-electron chi connectivity index (χ4n) is 14.0. The Kier molecular flexibility index (Phi) is 6.53. The summed E-state index contributed by atoms with van der Waals surface area (Å²) in [6, 6.07) is -9.32. The Bertz CT molecular complexity index is 9960. The fraction of sp³-hybridized carbons (Fsp3) is 0. The number of benzene rings is 20. The van der Waals surface area contributed by atoms with Crippen LogP contribution in [0.15, 0.2) is 372 Å². The predicted octanol–water partition coefficient (Wildman–Crippen LogP) is 28.7. The van der Waals surface area contributed by atoms with Gasteiger partial charge in [0.05, 0.1) is 61.7 Å². The lowest BCUT2D eigenvalue weighted by molar-refractivity contribution is 0.669. The molecule has 2 heteroatoms. The standard InChI is InChI=1S/2C50H30O/c1-2-13-33-29-35(24-23-31(33)11-1)48-41-15-5-7-17-43(41)49(44-18-8-6-16-42(44)48)40-22-10-20-38-36(19-9-21-39(38)40)34-25-27-45-47(30-34)51-46-28-26-32-12-3-4-14-37(32)50(45)46;1-2-13-33-29-35(22-21-31(33)11-1)48-40-17-7-9-19-42(40)49(43-20-10-8-18-41(43)48)44-27-26-36(38-15-5-6-16-39(38)44)34-23-25-45-47(30-34)51-46-28-24-32-12-3-4-14-37(32)50(45)46/h2*1-30H/i1D,2D,5D,6D,7D,8D,11D,13D,15D,16D,17D,18D,23D,24D,29D;1D,2D,3D,4D,5D,6D,7D,8D,9D,10D,11D,12D,13D,14D,15D,16D,17D,18D,19D,20D,21D,22D,23D,24D,25D,26D,27D,28D,29D,30D. The van der Waals surface area contributed by atoms with Crippen molar-refractivity contribution in [2.75, 3.05) is 0 Å². The summed E-state index contributed by atoms with van der Waals surface area (Å²) in [7, 11) is 0. The summed E-state index contributed by atoms with van der Waals surface area (Å²) >= 11 is 0. The van der Waals surface area contributed by atoms with Crippen molar-refractivity contribution in [3.63, 3.8) is 0 Å². The molecule has 0 unspecified atom stereocenters. The first-order valence-corrected chi connectivity index (χ1v) is 31.5. The molecule has 0 aliphatic carbocycles. The molecule has 0 bridgehead atoms.